The van der Waals surface area contributed by atoms with Gasteiger partial charge in [-0.2, -0.15) is 0 Å². The highest BCUT2D eigenvalue weighted by Crippen LogP contribution is 2.37. The molecule has 1 aromatic carbocycles. The Morgan fingerprint density at radius 3 is 2.25 bits per heavy atom. The summed E-state index contributed by atoms with van der Waals surface area (Å²) in [6, 6.07) is 2.33. The van der Waals surface area contributed by atoms with Gasteiger partial charge in [-0.1, -0.05) is 37.0 Å². The molecule has 0 amide bonds. The maximum atomic E-state index is 10.9. The first-order valence-corrected chi connectivity index (χ1v) is 6.58. The van der Waals surface area contributed by atoms with Crippen LogP contribution in [0.15, 0.2) is 12.1 Å². The molecule has 0 bridgehead atoms. The molecule has 20 heavy (non-hydrogen) atoms. The molecular formula is C12H14Cl2N2O4. The molecule has 0 saturated carbocycles. The summed E-state index contributed by atoms with van der Waals surface area (Å²) < 4.78 is 0. The van der Waals surface area contributed by atoms with Crippen molar-refractivity contribution in [1.82, 2.24) is 0 Å². The molecule has 0 heterocycles. The number of nitro benzene ring substituents is 1. The van der Waals surface area contributed by atoms with Crippen LogP contribution in [-0.2, 0) is 4.79 Å². The Kier molecular flexibility index (Phi) is 5.59. The summed E-state index contributed by atoms with van der Waals surface area (Å²) >= 11 is 12.0. The predicted molar refractivity (Wildman–Crippen MR) is 77.8 cm³/mol. The highest BCUT2D eigenvalue weighted by atomic mass is 35.5. The molecule has 0 aliphatic rings. The van der Waals surface area contributed by atoms with Crippen LogP contribution in [0.3, 0.4) is 0 Å². The Balaban J connectivity index is 3.25. The van der Waals surface area contributed by atoms with Crippen molar-refractivity contribution in [3.63, 3.8) is 0 Å². The topological polar surface area (TPSA) is 83.7 Å². The standard InChI is InChI=1S/C12H14Cl2N2O4/c1-7(2)5-15(6-11(17)18)12-9(13)3-8(16(19)20)4-10(12)14/h3-4,7H,5-6H2,1-2H3,(H,17,18). The minimum Gasteiger partial charge on any atom is -0.480 e. The van der Waals surface area contributed by atoms with Gasteiger partial charge in [0.05, 0.1) is 20.7 Å². The Morgan fingerprint density at radius 1 is 1.40 bits per heavy atom. The van der Waals surface area contributed by atoms with E-state index in [1.165, 1.54) is 4.90 Å². The fraction of sp³-hybridized carbons (Fsp3) is 0.417. The minimum absolute atomic E-state index is 0.0612. The van der Waals surface area contributed by atoms with E-state index >= 15 is 0 Å². The molecule has 0 saturated heterocycles. The van der Waals surface area contributed by atoms with Gasteiger partial charge in [0.1, 0.15) is 6.54 Å². The lowest BCUT2D eigenvalue weighted by molar-refractivity contribution is -0.384. The highest BCUT2D eigenvalue weighted by Gasteiger charge is 2.21. The number of carboxylic acid groups (broad SMARTS) is 1. The monoisotopic (exact) mass is 320 g/mol. The summed E-state index contributed by atoms with van der Waals surface area (Å²) in [4.78, 5) is 22.5. The number of hydrogen-bond donors (Lipinski definition) is 1. The van der Waals surface area contributed by atoms with Gasteiger partial charge >= 0.3 is 5.97 Å². The van der Waals surface area contributed by atoms with Crippen LogP contribution in [0.1, 0.15) is 13.8 Å². The van der Waals surface area contributed by atoms with Crippen LogP contribution in [0.2, 0.25) is 10.0 Å². The van der Waals surface area contributed by atoms with Gasteiger partial charge in [-0.3, -0.25) is 14.9 Å². The molecule has 0 unspecified atom stereocenters. The first-order chi connectivity index (χ1) is 9.22. The molecule has 0 fully saturated rings. The number of nitro groups is 1. The number of benzene rings is 1. The number of hydrogen-bond acceptors (Lipinski definition) is 4. The van der Waals surface area contributed by atoms with Gasteiger partial charge in [0.2, 0.25) is 0 Å². The first kappa shape index (κ1) is 16.5. The summed E-state index contributed by atoms with van der Waals surface area (Å²) in [5.41, 5.74) is 0.0682. The van der Waals surface area contributed by atoms with E-state index in [0.717, 1.165) is 12.1 Å². The number of carbonyl (C=O) groups is 1. The van der Waals surface area contributed by atoms with E-state index in [2.05, 4.69) is 0 Å². The lowest BCUT2D eigenvalue weighted by Crippen LogP contribution is -2.33. The molecule has 0 aliphatic heterocycles. The van der Waals surface area contributed by atoms with Crippen molar-refractivity contribution in [1.29, 1.82) is 0 Å². The zero-order valence-corrected chi connectivity index (χ0v) is 12.5. The molecule has 1 N–H and O–H groups in total. The van der Waals surface area contributed by atoms with E-state index in [1.807, 2.05) is 13.8 Å². The molecule has 110 valence electrons. The van der Waals surface area contributed by atoms with Gasteiger partial charge in [0.25, 0.3) is 5.69 Å². The quantitative estimate of drug-likeness (QED) is 0.641. The molecule has 6 nitrogen and oxygen atoms in total. The first-order valence-electron chi connectivity index (χ1n) is 5.82. The maximum Gasteiger partial charge on any atom is 0.323 e. The number of anilines is 1. The average Bonchev–Trinajstić information content (AvgIpc) is 2.25. The second kappa shape index (κ2) is 6.76. The van der Waals surface area contributed by atoms with Crippen molar-refractivity contribution in [2.45, 2.75) is 13.8 Å². The van der Waals surface area contributed by atoms with Gasteiger partial charge < -0.3 is 10.0 Å². The predicted octanol–water partition coefficient (Wildman–Crippen LogP) is 3.45. The average molecular weight is 321 g/mol. The summed E-state index contributed by atoms with van der Waals surface area (Å²) in [5, 5.41) is 19.8. The van der Waals surface area contributed by atoms with E-state index in [4.69, 9.17) is 28.3 Å². The van der Waals surface area contributed by atoms with Crippen LogP contribution < -0.4 is 4.90 Å². The SMILES string of the molecule is CC(C)CN(CC(=O)O)c1c(Cl)cc([N+](=O)[O-])cc1Cl. The second-order valence-corrected chi connectivity index (χ2v) is 5.50. The third-order valence-electron chi connectivity index (χ3n) is 2.44. The molecule has 0 aromatic heterocycles. The van der Waals surface area contributed by atoms with Gasteiger partial charge in [-0.25, -0.2) is 0 Å². The molecule has 0 spiro atoms. The Bertz CT molecular complexity index is 511. The van der Waals surface area contributed by atoms with E-state index in [1.54, 1.807) is 0 Å². The van der Waals surface area contributed by atoms with E-state index in [-0.39, 0.29) is 28.2 Å². The van der Waals surface area contributed by atoms with Gasteiger partial charge in [0.15, 0.2) is 0 Å². The zero-order chi connectivity index (χ0) is 15.4. The molecule has 8 heteroatoms. The molecule has 0 atom stereocenters. The number of carboxylic acids is 1. The van der Waals surface area contributed by atoms with Gasteiger partial charge in [-0.15, -0.1) is 0 Å². The number of nitrogens with zero attached hydrogens (tertiary/aromatic N) is 2. The van der Waals surface area contributed by atoms with E-state index in [0.29, 0.717) is 12.2 Å². The molecule has 1 aromatic rings. The smallest absolute Gasteiger partial charge is 0.323 e. The van der Waals surface area contributed by atoms with Crippen LogP contribution in [-0.4, -0.2) is 29.1 Å². The van der Waals surface area contributed by atoms with Crippen LogP contribution in [0, 0.1) is 16.0 Å². The summed E-state index contributed by atoms with van der Waals surface area (Å²) in [6.07, 6.45) is 0. The van der Waals surface area contributed by atoms with Crippen LogP contribution >= 0.6 is 23.2 Å². The molecular weight excluding hydrogens is 307 g/mol. The van der Waals surface area contributed by atoms with Gasteiger partial charge in [-0.05, 0) is 5.92 Å². The number of halogens is 2. The fourth-order valence-corrected chi connectivity index (χ4v) is 2.51. The Hall–Kier alpha value is -1.53. The molecule has 0 aliphatic carbocycles. The van der Waals surface area contributed by atoms with Crippen molar-refractivity contribution in [3.05, 3.63) is 32.3 Å². The third-order valence-corrected chi connectivity index (χ3v) is 3.02. The van der Waals surface area contributed by atoms with Crippen molar-refractivity contribution >= 4 is 40.5 Å². The fourth-order valence-electron chi connectivity index (χ4n) is 1.80. The maximum absolute atomic E-state index is 10.9. The third kappa shape index (κ3) is 4.25. The van der Waals surface area contributed by atoms with Gasteiger partial charge in [0, 0.05) is 18.7 Å². The van der Waals surface area contributed by atoms with Crippen molar-refractivity contribution in [2.75, 3.05) is 18.0 Å². The van der Waals surface area contributed by atoms with Crippen molar-refractivity contribution in [3.8, 4) is 0 Å². The normalized spacial score (nSPS) is 10.7. The Labute approximate surface area is 126 Å². The van der Waals surface area contributed by atoms with Crippen LogP contribution in [0.5, 0.6) is 0 Å². The van der Waals surface area contributed by atoms with E-state index in [9.17, 15) is 14.9 Å². The molecule has 0 radical (unpaired) electrons. The Morgan fingerprint density at radius 2 is 1.90 bits per heavy atom. The van der Waals surface area contributed by atoms with Crippen molar-refractivity contribution in [2.24, 2.45) is 5.92 Å². The number of aliphatic carboxylic acids is 1. The number of rotatable bonds is 6. The summed E-state index contributed by atoms with van der Waals surface area (Å²) in [6.45, 7) is 3.98. The zero-order valence-electron chi connectivity index (χ0n) is 11.0. The van der Waals surface area contributed by atoms with Crippen LogP contribution in [0.25, 0.3) is 0 Å². The van der Waals surface area contributed by atoms with Crippen molar-refractivity contribution < 1.29 is 14.8 Å². The minimum atomic E-state index is -1.03. The largest absolute Gasteiger partial charge is 0.480 e. The summed E-state index contributed by atoms with van der Waals surface area (Å²) in [7, 11) is 0. The number of non-ortho nitro benzene ring substituents is 1. The van der Waals surface area contributed by atoms with Crippen LogP contribution in [0.4, 0.5) is 11.4 Å². The lowest BCUT2D eigenvalue weighted by Gasteiger charge is -2.26. The molecule has 1 rings (SSSR count). The second-order valence-electron chi connectivity index (χ2n) is 4.68. The van der Waals surface area contributed by atoms with E-state index < -0.39 is 10.9 Å². The summed E-state index contributed by atoms with van der Waals surface area (Å²) in [5.74, 6) is -0.854. The highest BCUT2D eigenvalue weighted by molar-refractivity contribution is 6.39. The lowest BCUT2D eigenvalue weighted by atomic mass is 10.1.